The lowest BCUT2D eigenvalue weighted by molar-refractivity contribution is 0.462. The Kier molecular flexibility index (Phi) is 5.73. The highest BCUT2D eigenvalue weighted by molar-refractivity contribution is 7.89. The number of nitrogens with one attached hydrogen (secondary N) is 1. The van der Waals surface area contributed by atoms with E-state index in [4.69, 9.17) is 4.74 Å². The zero-order valence-electron chi connectivity index (χ0n) is 15.9. The summed E-state index contributed by atoms with van der Waals surface area (Å²) < 4.78 is 32.3. The largest absolute Gasteiger partial charge is 0.439 e. The van der Waals surface area contributed by atoms with Crippen molar-refractivity contribution < 1.29 is 13.2 Å². The highest BCUT2D eigenvalue weighted by Gasteiger charge is 2.27. The summed E-state index contributed by atoms with van der Waals surface area (Å²) in [6, 6.07) is 16.5. The minimum Gasteiger partial charge on any atom is -0.439 e. The van der Waals surface area contributed by atoms with E-state index in [-0.39, 0.29) is 4.90 Å². The van der Waals surface area contributed by atoms with Crippen LogP contribution in [-0.4, -0.2) is 35.8 Å². The van der Waals surface area contributed by atoms with E-state index in [0.717, 1.165) is 24.2 Å². The number of hydrogen-bond donors (Lipinski definition) is 1. The number of rotatable bonds is 7. The van der Waals surface area contributed by atoms with Crippen LogP contribution in [0.4, 0.5) is 5.82 Å². The van der Waals surface area contributed by atoms with Crippen LogP contribution in [0.5, 0.6) is 11.6 Å². The second-order valence-corrected chi connectivity index (χ2v) is 8.70. The smallest absolute Gasteiger partial charge is 0.244 e. The number of ether oxygens (including phenoxy) is 1. The molecule has 0 saturated carbocycles. The van der Waals surface area contributed by atoms with Crippen LogP contribution in [0.2, 0.25) is 0 Å². The van der Waals surface area contributed by atoms with Gasteiger partial charge in [-0.25, -0.2) is 18.4 Å². The molecule has 1 fully saturated rings. The van der Waals surface area contributed by atoms with Crippen LogP contribution >= 0.6 is 0 Å². The number of para-hydroxylation sites is 1. The number of sulfonamides is 1. The third-order valence-corrected chi connectivity index (χ3v) is 6.56. The fourth-order valence-corrected chi connectivity index (χ4v) is 4.56. The molecule has 3 aromatic rings. The van der Waals surface area contributed by atoms with Crippen molar-refractivity contribution in [2.75, 3.05) is 18.4 Å². The van der Waals surface area contributed by atoms with Gasteiger partial charge in [-0.15, -0.1) is 0 Å². The molecular formula is C21H22N4O3S. The molecule has 1 aliphatic rings. The van der Waals surface area contributed by atoms with E-state index >= 15 is 0 Å². The molecule has 0 aliphatic carbocycles. The van der Waals surface area contributed by atoms with Crippen molar-refractivity contribution in [3.05, 3.63) is 72.6 Å². The highest BCUT2D eigenvalue weighted by atomic mass is 32.2. The fraction of sp³-hybridized carbons (Fsp3) is 0.238. The van der Waals surface area contributed by atoms with Crippen LogP contribution in [0.3, 0.4) is 0 Å². The predicted molar refractivity (Wildman–Crippen MR) is 110 cm³/mol. The molecule has 0 radical (unpaired) electrons. The monoisotopic (exact) mass is 410 g/mol. The van der Waals surface area contributed by atoms with Gasteiger partial charge in [-0.3, -0.25) is 0 Å². The highest BCUT2D eigenvalue weighted by Crippen LogP contribution is 2.21. The molecule has 29 heavy (non-hydrogen) atoms. The van der Waals surface area contributed by atoms with Gasteiger partial charge >= 0.3 is 0 Å². The van der Waals surface area contributed by atoms with Gasteiger partial charge in [0.2, 0.25) is 15.9 Å². The van der Waals surface area contributed by atoms with Crippen molar-refractivity contribution >= 4 is 15.8 Å². The van der Waals surface area contributed by atoms with Gasteiger partial charge < -0.3 is 10.1 Å². The average molecular weight is 410 g/mol. The van der Waals surface area contributed by atoms with Gasteiger partial charge in [0, 0.05) is 38.1 Å². The summed E-state index contributed by atoms with van der Waals surface area (Å²) >= 11 is 0. The normalized spacial score (nSPS) is 14.6. The molecule has 1 aromatic carbocycles. The number of nitrogens with zero attached hydrogens (tertiary/aromatic N) is 3. The van der Waals surface area contributed by atoms with Crippen LogP contribution in [0.1, 0.15) is 18.4 Å². The Balaban J connectivity index is 1.34. The molecule has 1 N–H and O–H groups in total. The van der Waals surface area contributed by atoms with Crippen molar-refractivity contribution in [1.29, 1.82) is 0 Å². The standard InChI is InChI=1S/C21H22N4O3S/c26-29(27,25-12-4-5-13-25)19-9-10-20(23-16-19)22-14-17-8-11-21(24-15-17)28-18-6-2-1-3-7-18/h1-3,6-11,15-16H,4-5,12-14H2,(H,22,23). The quantitative estimate of drug-likeness (QED) is 0.640. The Morgan fingerprint density at radius 3 is 2.38 bits per heavy atom. The molecule has 7 nitrogen and oxygen atoms in total. The van der Waals surface area contributed by atoms with Crippen molar-refractivity contribution in [2.45, 2.75) is 24.3 Å². The Bertz CT molecular complexity index is 1030. The summed E-state index contributed by atoms with van der Waals surface area (Å²) in [6.07, 6.45) is 4.97. The fourth-order valence-electron chi connectivity index (χ4n) is 3.09. The maximum Gasteiger partial charge on any atom is 0.244 e. The lowest BCUT2D eigenvalue weighted by atomic mass is 10.3. The number of pyridine rings is 2. The van der Waals surface area contributed by atoms with Crippen LogP contribution in [0, 0.1) is 0 Å². The molecule has 1 saturated heterocycles. The minimum atomic E-state index is -3.43. The van der Waals surface area contributed by atoms with Gasteiger partial charge in [-0.2, -0.15) is 4.31 Å². The van der Waals surface area contributed by atoms with Crippen LogP contribution in [0.25, 0.3) is 0 Å². The Labute approximate surface area is 170 Å². The van der Waals surface area contributed by atoms with Crippen molar-refractivity contribution in [3.8, 4) is 11.6 Å². The molecule has 0 bridgehead atoms. The molecule has 4 rings (SSSR count). The molecule has 150 valence electrons. The topological polar surface area (TPSA) is 84.4 Å². The van der Waals surface area contributed by atoms with Crippen molar-refractivity contribution in [2.24, 2.45) is 0 Å². The molecule has 8 heteroatoms. The van der Waals surface area contributed by atoms with E-state index < -0.39 is 10.0 Å². The van der Waals surface area contributed by atoms with Crippen LogP contribution in [0.15, 0.2) is 71.9 Å². The summed E-state index contributed by atoms with van der Waals surface area (Å²) in [4.78, 5) is 8.78. The number of hydrogen-bond acceptors (Lipinski definition) is 6. The molecule has 0 atom stereocenters. The maximum atomic E-state index is 12.5. The first-order valence-electron chi connectivity index (χ1n) is 9.49. The van der Waals surface area contributed by atoms with Gasteiger partial charge in [0.1, 0.15) is 16.5 Å². The molecular weight excluding hydrogens is 388 g/mol. The zero-order chi connectivity index (χ0) is 20.1. The summed E-state index contributed by atoms with van der Waals surface area (Å²) in [7, 11) is -3.43. The molecule has 2 aromatic heterocycles. The van der Waals surface area contributed by atoms with Gasteiger partial charge in [-0.05, 0) is 42.7 Å². The lowest BCUT2D eigenvalue weighted by Gasteiger charge is -2.15. The average Bonchev–Trinajstić information content (AvgIpc) is 3.30. The van der Waals surface area contributed by atoms with Gasteiger partial charge in [0.05, 0.1) is 0 Å². The summed E-state index contributed by atoms with van der Waals surface area (Å²) in [6.45, 7) is 1.68. The molecule has 0 unspecified atom stereocenters. The van der Waals surface area contributed by atoms with E-state index in [0.29, 0.717) is 31.3 Å². The summed E-state index contributed by atoms with van der Waals surface area (Å²) in [5, 5.41) is 3.18. The van der Waals surface area contributed by atoms with Gasteiger partial charge in [0.25, 0.3) is 0 Å². The second kappa shape index (κ2) is 8.59. The molecule has 0 spiro atoms. The van der Waals surface area contributed by atoms with E-state index in [1.807, 2.05) is 42.5 Å². The first kappa shape index (κ1) is 19.4. The third kappa shape index (κ3) is 4.72. The van der Waals surface area contributed by atoms with Gasteiger partial charge in [-0.1, -0.05) is 24.3 Å². The molecule has 1 aliphatic heterocycles. The lowest BCUT2D eigenvalue weighted by Crippen LogP contribution is -2.27. The maximum absolute atomic E-state index is 12.5. The number of benzene rings is 1. The summed E-state index contributed by atoms with van der Waals surface area (Å²) in [5.74, 6) is 1.86. The summed E-state index contributed by atoms with van der Waals surface area (Å²) in [5.41, 5.74) is 0.959. The van der Waals surface area contributed by atoms with Gasteiger partial charge in [0.15, 0.2) is 0 Å². The minimum absolute atomic E-state index is 0.231. The predicted octanol–water partition coefficient (Wildman–Crippen LogP) is 3.67. The van der Waals surface area contributed by atoms with E-state index in [2.05, 4.69) is 15.3 Å². The van der Waals surface area contributed by atoms with Crippen molar-refractivity contribution in [3.63, 3.8) is 0 Å². The Morgan fingerprint density at radius 2 is 1.72 bits per heavy atom. The molecule has 0 amide bonds. The first-order chi connectivity index (χ1) is 14.1. The first-order valence-corrected chi connectivity index (χ1v) is 10.9. The second-order valence-electron chi connectivity index (χ2n) is 6.76. The third-order valence-electron chi connectivity index (χ3n) is 4.68. The van der Waals surface area contributed by atoms with E-state index in [1.165, 1.54) is 10.5 Å². The van der Waals surface area contributed by atoms with E-state index in [1.54, 1.807) is 18.3 Å². The zero-order valence-corrected chi connectivity index (χ0v) is 16.7. The number of aromatic nitrogens is 2. The molecule has 3 heterocycles. The van der Waals surface area contributed by atoms with E-state index in [9.17, 15) is 8.42 Å². The van der Waals surface area contributed by atoms with Crippen LogP contribution < -0.4 is 10.1 Å². The number of anilines is 1. The Hall–Kier alpha value is -2.97. The SMILES string of the molecule is O=S(=O)(c1ccc(NCc2ccc(Oc3ccccc3)nc2)nc1)N1CCCC1. The van der Waals surface area contributed by atoms with Crippen LogP contribution in [-0.2, 0) is 16.6 Å². The van der Waals surface area contributed by atoms with Crippen molar-refractivity contribution in [1.82, 2.24) is 14.3 Å². The Morgan fingerprint density at radius 1 is 0.931 bits per heavy atom.